The Hall–Kier alpha value is -3.33. The third-order valence-corrected chi connectivity index (χ3v) is 5.38. The van der Waals surface area contributed by atoms with E-state index in [2.05, 4.69) is 57.5 Å². The number of amides is 1. The zero-order chi connectivity index (χ0) is 23.0. The highest BCUT2D eigenvalue weighted by molar-refractivity contribution is 6.05. The van der Waals surface area contributed by atoms with Crippen molar-refractivity contribution in [1.29, 1.82) is 0 Å². The van der Waals surface area contributed by atoms with Crippen molar-refractivity contribution in [3.8, 4) is 0 Å². The summed E-state index contributed by atoms with van der Waals surface area (Å²) in [5, 5.41) is 3.09. The molecule has 1 amide bonds. The fraction of sp³-hybridized carbons (Fsp3) is 0.250. The van der Waals surface area contributed by atoms with E-state index in [4.69, 9.17) is 5.73 Å². The fourth-order valence-corrected chi connectivity index (χ4v) is 3.55. The first kappa shape index (κ1) is 23.9. The van der Waals surface area contributed by atoms with E-state index in [-0.39, 0.29) is 11.8 Å². The summed E-state index contributed by atoms with van der Waals surface area (Å²) in [7, 11) is 0. The molecule has 0 aromatic heterocycles. The SMILES string of the molecule is C=C1C(C)=C(C)c2cccc(NC(=O)CC(C)C/C=C/c3ccc(N)cc3)c21.C=CC. The Kier molecular flexibility index (Phi) is 8.63. The van der Waals surface area contributed by atoms with Crippen molar-refractivity contribution in [3.05, 3.63) is 90.0 Å². The number of nitrogens with two attached hydrogens (primary N) is 1. The van der Waals surface area contributed by atoms with Crippen LogP contribution in [0.15, 0.2) is 73.3 Å². The maximum absolute atomic E-state index is 12.6. The van der Waals surface area contributed by atoms with Gasteiger partial charge in [-0.05, 0) is 79.2 Å². The van der Waals surface area contributed by atoms with Crippen LogP contribution in [0.4, 0.5) is 11.4 Å². The maximum atomic E-state index is 12.6. The minimum Gasteiger partial charge on any atom is -0.399 e. The molecule has 0 saturated heterocycles. The lowest BCUT2D eigenvalue weighted by Gasteiger charge is -2.14. The highest BCUT2D eigenvalue weighted by Crippen LogP contribution is 2.43. The number of rotatable bonds is 6. The van der Waals surface area contributed by atoms with Crippen molar-refractivity contribution in [2.24, 2.45) is 5.92 Å². The first-order valence-corrected chi connectivity index (χ1v) is 10.7. The first-order valence-electron chi connectivity index (χ1n) is 10.7. The largest absolute Gasteiger partial charge is 0.399 e. The van der Waals surface area contributed by atoms with Crippen LogP contribution in [0.25, 0.3) is 17.2 Å². The molecule has 0 spiro atoms. The summed E-state index contributed by atoms with van der Waals surface area (Å²) >= 11 is 0. The first-order chi connectivity index (χ1) is 14.8. The molecule has 0 bridgehead atoms. The summed E-state index contributed by atoms with van der Waals surface area (Å²) in [6, 6.07) is 13.8. The molecule has 3 rings (SSSR count). The van der Waals surface area contributed by atoms with Gasteiger partial charge >= 0.3 is 0 Å². The van der Waals surface area contributed by atoms with Crippen molar-refractivity contribution in [3.63, 3.8) is 0 Å². The number of nitrogen functional groups attached to an aromatic ring is 1. The topological polar surface area (TPSA) is 55.1 Å². The molecule has 0 heterocycles. The molecular weight excluding hydrogens is 380 g/mol. The van der Waals surface area contributed by atoms with Crippen molar-refractivity contribution >= 4 is 34.5 Å². The van der Waals surface area contributed by atoms with Gasteiger partial charge in [0.25, 0.3) is 0 Å². The molecule has 0 aliphatic heterocycles. The van der Waals surface area contributed by atoms with Crippen LogP contribution in [0.2, 0.25) is 0 Å². The van der Waals surface area contributed by atoms with Gasteiger partial charge in [-0.2, -0.15) is 0 Å². The number of anilines is 2. The number of carbonyl (C=O) groups excluding carboxylic acids is 1. The number of fused-ring (bicyclic) bond motifs is 1. The third kappa shape index (κ3) is 6.32. The van der Waals surface area contributed by atoms with Gasteiger partial charge in [0.05, 0.1) is 0 Å². The van der Waals surface area contributed by atoms with Crippen LogP contribution in [-0.4, -0.2) is 5.91 Å². The Balaban J connectivity index is 0.00000107. The molecule has 0 fully saturated rings. The van der Waals surface area contributed by atoms with Crippen LogP contribution >= 0.6 is 0 Å². The second-order valence-corrected chi connectivity index (χ2v) is 8.03. The maximum Gasteiger partial charge on any atom is 0.224 e. The van der Waals surface area contributed by atoms with E-state index in [1.54, 1.807) is 6.08 Å². The second kappa shape index (κ2) is 11.2. The number of allylic oxidation sites excluding steroid dienone is 5. The Bertz CT molecular complexity index is 1010. The molecule has 3 N–H and O–H groups in total. The molecule has 3 heteroatoms. The zero-order valence-electron chi connectivity index (χ0n) is 19.2. The summed E-state index contributed by atoms with van der Waals surface area (Å²) in [6.45, 7) is 15.7. The summed E-state index contributed by atoms with van der Waals surface area (Å²) in [6.07, 6.45) is 7.26. The second-order valence-electron chi connectivity index (χ2n) is 8.03. The fourth-order valence-electron chi connectivity index (χ4n) is 3.55. The molecule has 1 unspecified atom stereocenters. The minimum atomic E-state index is 0.0387. The van der Waals surface area contributed by atoms with E-state index in [1.165, 1.54) is 16.7 Å². The zero-order valence-corrected chi connectivity index (χ0v) is 19.2. The molecule has 162 valence electrons. The lowest BCUT2D eigenvalue weighted by molar-refractivity contribution is -0.116. The average Bonchev–Trinajstić information content (AvgIpc) is 2.95. The normalized spacial score (nSPS) is 13.5. The molecule has 1 aliphatic carbocycles. The van der Waals surface area contributed by atoms with Crippen molar-refractivity contribution in [1.82, 2.24) is 0 Å². The van der Waals surface area contributed by atoms with Crippen LogP contribution in [0, 0.1) is 5.92 Å². The van der Waals surface area contributed by atoms with E-state index in [1.807, 2.05) is 43.3 Å². The smallest absolute Gasteiger partial charge is 0.224 e. The van der Waals surface area contributed by atoms with E-state index >= 15 is 0 Å². The van der Waals surface area contributed by atoms with Crippen LogP contribution in [-0.2, 0) is 4.79 Å². The predicted octanol–water partition coefficient (Wildman–Crippen LogP) is 7.35. The average molecular weight is 415 g/mol. The number of benzene rings is 2. The van der Waals surface area contributed by atoms with Gasteiger partial charge in [0.1, 0.15) is 0 Å². The molecule has 31 heavy (non-hydrogen) atoms. The van der Waals surface area contributed by atoms with Crippen molar-refractivity contribution in [2.45, 2.75) is 40.5 Å². The molecule has 2 aromatic carbocycles. The standard InChI is InChI=1S/C25H28N2O.C3H6/c1-16(7-5-8-20-11-13-21(26)14-12-20)15-24(28)27-23-10-6-9-22-18(3)17(2)19(4)25(22)23;1-3-2/h5-6,8-14,16H,4,7,15,26H2,1-3H3,(H,27,28);3H,1H2,2H3/b8-5+;. The number of nitrogens with one attached hydrogen (secondary N) is 1. The lowest BCUT2D eigenvalue weighted by atomic mass is 10.0. The predicted molar refractivity (Wildman–Crippen MR) is 137 cm³/mol. The van der Waals surface area contributed by atoms with Crippen molar-refractivity contribution < 1.29 is 4.79 Å². The highest BCUT2D eigenvalue weighted by Gasteiger charge is 2.23. The Labute approximate surface area is 187 Å². The molecule has 0 saturated carbocycles. The third-order valence-electron chi connectivity index (χ3n) is 5.38. The Morgan fingerprint density at radius 3 is 2.42 bits per heavy atom. The van der Waals surface area contributed by atoms with E-state index < -0.39 is 0 Å². The van der Waals surface area contributed by atoms with E-state index in [9.17, 15) is 4.79 Å². The number of hydrogen-bond donors (Lipinski definition) is 2. The highest BCUT2D eigenvalue weighted by atomic mass is 16.1. The summed E-state index contributed by atoms with van der Waals surface area (Å²) in [4.78, 5) is 12.6. The van der Waals surface area contributed by atoms with Crippen molar-refractivity contribution in [2.75, 3.05) is 11.1 Å². The molecule has 1 atom stereocenters. The number of carbonyl (C=O) groups is 1. The van der Waals surface area contributed by atoms with Crippen LogP contribution in [0.5, 0.6) is 0 Å². The van der Waals surface area contributed by atoms with Gasteiger partial charge in [-0.15, -0.1) is 6.58 Å². The molecule has 0 radical (unpaired) electrons. The quantitative estimate of drug-likeness (QED) is 0.383. The molecule has 2 aromatic rings. The molecule has 1 aliphatic rings. The van der Waals surface area contributed by atoms with E-state index in [0.29, 0.717) is 6.42 Å². The van der Waals surface area contributed by atoms with Gasteiger partial charge in [-0.25, -0.2) is 0 Å². The van der Waals surface area contributed by atoms with Gasteiger partial charge in [-0.1, -0.05) is 56.0 Å². The Morgan fingerprint density at radius 2 is 1.77 bits per heavy atom. The summed E-state index contributed by atoms with van der Waals surface area (Å²) < 4.78 is 0. The minimum absolute atomic E-state index is 0.0387. The van der Waals surface area contributed by atoms with Crippen LogP contribution in [0.3, 0.4) is 0 Å². The lowest BCUT2D eigenvalue weighted by Crippen LogP contribution is -2.16. The van der Waals surface area contributed by atoms with Crippen LogP contribution < -0.4 is 11.1 Å². The van der Waals surface area contributed by atoms with Gasteiger partial charge in [0.15, 0.2) is 0 Å². The Morgan fingerprint density at radius 1 is 1.13 bits per heavy atom. The molecular formula is C28H34N2O. The van der Waals surface area contributed by atoms with Gasteiger partial charge < -0.3 is 11.1 Å². The van der Waals surface area contributed by atoms with Gasteiger partial charge in [0.2, 0.25) is 5.91 Å². The number of hydrogen-bond acceptors (Lipinski definition) is 2. The van der Waals surface area contributed by atoms with Gasteiger partial charge in [-0.3, -0.25) is 4.79 Å². The summed E-state index contributed by atoms with van der Waals surface area (Å²) in [5.74, 6) is 0.295. The van der Waals surface area contributed by atoms with Crippen LogP contribution in [0.1, 0.15) is 57.2 Å². The van der Waals surface area contributed by atoms with E-state index in [0.717, 1.165) is 34.5 Å². The summed E-state index contributed by atoms with van der Waals surface area (Å²) in [5.41, 5.74) is 14.1. The monoisotopic (exact) mass is 414 g/mol. The van der Waals surface area contributed by atoms with Gasteiger partial charge in [0, 0.05) is 23.4 Å². The molecule has 3 nitrogen and oxygen atoms in total.